The van der Waals surface area contributed by atoms with Crippen LogP contribution in [0.1, 0.15) is 46.5 Å². The molecule has 0 aromatic rings. The third-order valence-electron chi connectivity index (χ3n) is 8.02. The molecular formula is C28H38Cl2FN3O4. The molecule has 2 amide bonds. The van der Waals surface area contributed by atoms with E-state index in [-0.39, 0.29) is 47.2 Å². The number of nitrogens with one attached hydrogen (secondary N) is 3. The average Bonchev–Trinajstić information content (AvgIpc) is 3.31. The Bertz CT molecular complexity index is 1080. The molecule has 7 nitrogen and oxygen atoms in total. The predicted octanol–water partition coefficient (Wildman–Crippen LogP) is 3.62. The molecule has 2 fully saturated rings. The number of halogens is 3. The van der Waals surface area contributed by atoms with E-state index in [1.807, 2.05) is 18.2 Å². The number of carbonyl (C=O) groups is 2. The highest BCUT2D eigenvalue weighted by Gasteiger charge is 2.68. The van der Waals surface area contributed by atoms with Crippen LogP contribution in [0.25, 0.3) is 0 Å². The van der Waals surface area contributed by atoms with Crippen molar-refractivity contribution in [3.63, 3.8) is 0 Å². The molecule has 0 bridgehead atoms. The SMILES string of the molecule is COC(CO)CCNC(=O)C1NC(CC(C)(C)C)C2(C(=O)NC3CC(Cl)=C(F)C=C32)C1C1=CC(Cl)CC=C1. The molecule has 2 aliphatic heterocycles. The Labute approximate surface area is 233 Å². The molecule has 2 saturated heterocycles. The fraction of sp³-hybridized carbons (Fsp3) is 0.643. The van der Waals surface area contributed by atoms with E-state index in [1.54, 1.807) is 0 Å². The molecule has 0 aromatic carbocycles. The molecule has 4 N–H and O–H groups in total. The molecule has 7 unspecified atom stereocenters. The lowest BCUT2D eigenvalue weighted by Crippen LogP contribution is -2.48. The quantitative estimate of drug-likeness (QED) is 0.334. The van der Waals surface area contributed by atoms with Gasteiger partial charge in [-0.05, 0) is 41.9 Å². The highest BCUT2D eigenvalue weighted by molar-refractivity contribution is 6.30. The summed E-state index contributed by atoms with van der Waals surface area (Å²) in [5.41, 5.74) is -0.00165. The van der Waals surface area contributed by atoms with E-state index in [2.05, 4.69) is 36.7 Å². The molecule has 0 radical (unpaired) electrons. The Kier molecular flexibility index (Phi) is 8.80. The fourth-order valence-electron chi connectivity index (χ4n) is 6.39. The van der Waals surface area contributed by atoms with Crippen LogP contribution in [0.4, 0.5) is 4.39 Å². The van der Waals surface area contributed by atoms with Crippen molar-refractivity contribution in [3.05, 3.63) is 46.3 Å². The molecule has 210 valence electrons. The lowest BCUT2D eigenvalue weighted by molar-refractivity contribution is -0.129. The second kappa shape index (κ2) is 11.4. The molecule has 7 atom stereocenters. The van der Waals surface area contributed by atoms with Crippen LogP contribution in [0.2, 0.25) is 0 Å². The minimum atomic E-state index is -1.21. The number of hydrogen-bond acceptors (Lipinski definition) is 5. The summed E-state index contributed by atoms with van der Waals surface area (Å²) in [4.78, 5) is 27.9. The van der Waals surface area contributed by atoms with Crippen molar-refractivity contribution >= 4 is 35.0 Å². The van der Waals surface area contributed by atoms with E-state index < -0.39 is 41.4 Å². The van der Waals surface area contributed by atoms with Gasteiger partial charge in [-0.15, -0.1) is 11.6 Å². The van der Waals surface area contributed by atoms with Gasteiger partial charge in [-0.3, -0.25) is 9.59 Å². The van der Waals surface area contributed by atoms with Crippen LogP contribution < -0.4 is 16.0 Å². The third-order valence-corrected chi connectivity index (χ3v) is 8.66. The first-order valence-electron chi connectivity index (χ1n) is 13.2. The predicted molar refractivity (Wildman–Crippen MR) is 146 cm³/mol. The first-order valence-corrected chi connectivity index (χ1v) is 14.0. The fourth-order valence-corrected chi connectivity index (χ4v) is 6.85. The number of alkyl halides is 1. The van der Waals surface area contributed by atoms with E-state index in [0.717, 1.165) is 5.57 Å². The number of carbonyl (C=O) groups excluding carboxylic acids is 2. The second-order valence-corrected chi connectivity index (χ2v) is 12.8. The molecule has 4 aliphatic rings. The smallest absolute Gasteiger partial charge is 0.237 e. The molecule has 2 aliphatic carbocycles. The van der Waals surface area contributed by atoms with Gasteiger partial charge in [0.15, 0.2) is 0 Å². The number of allylic oxidation sites excluding steroid dienone is 5. The number of aliphatic hydroxyl groups is 1. The van der Waals surface area contributed by atoms with Gasteiger partial charge in [0, 0.05) is 32.0 Å². The maximum absolute atomic E-state index is 15.0. The van der Waals surface area contributed by atoms with Crippen LogP contribution in [0.15, 0.2) is 46.3 Å². The van der Waals surface area contributed by atoms with E-state index in [0.29, 0.717) is 24.8 Å². The van der Waals surface area contributed by atoms with Crippen molar-refractivity contribution in [2.24, 2.45) is 16.7 Å². The topological polar surface area (TPSA) is 99.7 Å². The van der Waals surface area contributed by atoms with Gasteiger partial charge >= 0.3 is 0 Å². The van der Waals surface area contributed by atoms with Crippen LogP contribution in [-0.2, 0) is 14.3 Å². The van der Waals surface area contributed by atoms with Crippen molar-refractivity contribution < 1.29 is 23.8 Å². The van der Waals surface area contributed by atoms with Gasteiger partial charge in [-0.25, -0.2) is 4.39 Å². The van der Waals surface area contributed by atoms with Crippen LogP contribution in [0.3, 0.4) is 0 Å². The number of methoxy groups -OCH3 is 1. The maximum Gasteiger partial charge on any atom is 0.237 e. The number of fused-ring (bicyclic) bond motifs is 2. The Morgan fingerprint density at radius 3 is 2.76 bits per heavy atom. The molecule has 0 saturated carbocycles. The number of amides is 2. The normalized spacial score (nSPS) is 33.7. The van der Waals surface area contributed by atoms with Gasteiger partial charge in [-0.2, -0.15) is 0 Å². The molecule has 1 spiro atoms. The van der Waals surface area contributed by atoms with Gasteiger partial charge in [0.2, 0.25) is 11.8 Å². The summed E-state index contributed by atoms with van der Waals surface area (Å²) >= 11 is 12.7. The Morgan fingerprint density at radius 1 is 1.39 bits per heavy atom. The van der Waals surface area contributed by atoms with E-state index in [4.69, 9.17) is 27.9 Å². The highest BCUT2D eigenvalue weighted by Crippen LogP contribution is 2.58. The minimum absolute atomic E-state index is 0.0782. The van der Waals surface area contributed by atoms with Crippen molar-refractivity contribution in [2.45, 2.75) is 76.1 Å². The van der Waals surface area contributed by atoms with E-state index in [9.17, 15) is 19.1 Å². The van der Waals surface area contributed by atoms with Crippen molar-refractivity contribution in [1.82, 2.24) is 16.0 Å². The maximum atomic E-state index is 15.0. The number of hydrogen-bond donors (Lipinski definition) is 4. The minimum Gasteiger partial charge on any atom is -0.394 e. The summed E-state index contributed by atoms with van der Waals surface area (Å²) in [7, 11) is 1.51. The summed E-state index contributed by atoms with van der Waals surface area (Å²) in [6.45, 7) is 6.37. The van der Waals surface area contributed by atoms with Crippen LogP contribution >= 0.6 is 23.2 Å². The van der Waals surface area contributed by atoms with Gasteiger partial charge in [0.05, 0.1) is 40.6 Å². The summed E-state index contributed by atoms with van der Waals surface area (Å²) in [5.74, 6) is -1.68. The van der Waals surface area contributed by atoms with Gasteiger partial charge in [0.1, 0.15) is 5.83 Å². The van der Waals surface area contributed by atoms with Crippen molar-refractivity contribution in [3.8, 4) is 0 Å². The summed E-state index contributed by atoms with van der Waals surface area (Å²) in [6, 6.07) is -1.67. The number of ether oxygens (including phenoxy) is 1. The van der Waals surface area contributed by atoms with Crippen LogP contribution in [0.5, 0.6) is 0 Å². The Balaban J connectivity index is 1.82. The largest absolute Gasteiger partial charge is 0.394 e. The first-order chi connectivity index (χ1) is 17.9. The third kappa shape index (κ3) is 5.48. The molecule has 0 aromatic heterocycles. The molecule has 10 heteroatoms. The monoisotopic (exact) mass is 569 g/mol. The van der Waals surface area contributed by atoms with E-state index >= 15 is 0 Å². The number of rotatable bonds is 8. The second-order valence-electron chi connectivity index (χ2n) is 11.8. The lowest BCUT2D eigenvalue weighted by atomic mass is 9.60. The highest BCUT2D eigenvalue weighted by atomic mass is 35.5. The standard InChI is InChI=1S/C28H38Cl2FN3O4/c1-27(2,3)13-22-28(18-11-20(31)19(30)12-21(18)33-26(28)37)23(15-6-5-7-16(29)10-15)24(34-22)25(36)32-9-8-17(14-35)38-4/h5-6,10-11,16-17,21-24,34-35H,7-9,12-14H2,1-4H3,(H,32,36)(H,33,37). The zero-order chi connectivity index (χ0) is 27.8. The van der Waals surface area contributed by atoms with Crippen LogP contribution in [0, 0.1) is 16.7 Å². The average molecular weight is 571 g/mol. The van der Waals surface area contributed by atoms with Crippen molar-refractivity contribution in [2.75, 3.05) is 20.3 Å². The van der Waals surface area contributed by atoms with Gasteiger partial charge in [-0.1, -0.05) is 50.6 Å². The molecular weight excluding hydrogens is 532 g/mol. The van der Waals surface area contributed by atoms with Gasteiger partial charge in [0.25, 0.3) is 0 Å². The lowest BCUT2D eigenvalue weighted by Gasteiger charge is -2.40. The Hall–Kier alpha value is -1.71. The summed E-state index contributed by atoms with van der Waals surface area (Å²) in [5, 5.41) is 18.8. The zero-order valence-corrected chi connectivity index (χ0v) is 23.8. The molecule has 2 heterocycles. The zero-order valence-electron chi connectivity index (χ0n) is 22.3. The van der Waals surface area contributed by atoms with E-state index in [1.165, 1.54) is 13.2 Å². The summed E-state index contributed by atoms with van der Waals surface area (Å²) in [6.07, 6.45) is 8.62. The Morgan fingerprint density at radius 2 is 2.13 bits per heavy atom. The number of aliphatic hydroxyl groups excluding tert-OH is 1. The van der Waals surface area contributed by atoms with Gasteiger partial charge < -0.3 is 25.8 Å². The molecule has 4 rings (SSSR count). The molecule has 38 heavy (non-hydrogen) atoms. The van der Waals surface area contributed by atoms with Crippen molar-refractivity contribution in [1.29, 1.82) is 0 Å². The summed E-state index contributed by atoms with van der Waals surface area (Å²) < 4.78 is 20.2. The van der Waals surface area contributed by atoms with Crippen LogP contribution in [-0.4, -0.2) is 66.8 Å². The first kappa shape index (κ1) is 29.3.